The van der Waals surface area contributed by atoms with E-state index >= 15 is 0 Å². The Morgan fingerprint density at radius 2 is 2.08 bits per heavy atom. The first-order valence-electron chi connectivity index (χ1n) is 4.94. The van der Waals surface area contributed by atoms with E-state index in [0.717, 1.165) is 0 Å². The molecular weight excluding hydrogens is 164 g/mol. The van der Waals surface area contributed by atoms with E-state index in [0.29, 0.717) is 18.0 Å². The van der Waals surface area contributed by atoms with E-state index in [-0.39, 0.29) is 11.9 Å². The summed E-state index contributed by atoms with van der Waals surface area (Å²) in [6.07, 6.45) is 1.18. The summed E-state index contributed by atoms with van der Waals surface area (Å²) in [7, 11) is 0. The number of carbonyl (C=O) groups is 1. The molecule has 76 valence electrons. The molecule has 0 bridgehead atoms. The SMILES string of the molecule is CC(C)NC(=O)CNC1CC1(C)C. The van der Waals surface area contributed by atoms with Gasteiger partial charge in [-0.25, -0.2) is 0 Å². The van der Waals surface area contributed by atoms with Gasteiger partial charge in [0.05, 0.1) is 6.54 Å². The molecular formula is C10H20N2O. The van der Waals surface area contributed by atoms with Gasteiger partial charge >= 0.3 is 0 Å². The molecule has 1 fully saturated rings. The average Bonchev–Trinajstić information content (AvgIpc) is 2.53. The fourth-order valence-electron chi connectivity index (χ4n) is 1.40. The Morgan fingerprint density at radius 1 is 1.54 bits per heavy atom. The third-order valence-electron chi connectivity index (χ3n) is 2.47. The van der Waals surface area contributed by atoms with Gasteiger partial charge < -0.3 is 10.6 Å². The van der Waals surface area contributed by atoms with Crippen molar-refractivity contribution in [1.82, 2.24) is 10.6 Å². The first-order chi connectivity index (χ1) is 5.92. The van der Waals surface area contributed by atoms with Gasteiger partial charge in [-0.15, -0.1) is 0 Å². The van der Waals surface area contributed by atoms with Gasteiger partial charge in [0.25, 0.3) is 0 Å². The third-order valence-corrected chi connectivity index (χ3v) is 2.47. The molecule has 0 spiro atoms. The van der Waals surface area contributed by atoms with Crippen LogP contribution in [0, 0.1) is 5.41 Å². The van der Waals surface area contributed by atoms with Gasteiger partial charge in [-0.2, -0.15) is 0 Å². The Balaban J connectivity index is 2.10. The minimum atomic E-state index is 0.0951. The van der Waals surface area contributed by atoms with E-state index in [1.165, 1.54) is 6.42 Å². The van der Waals surface area contributed by atoms with Crippen molar-refractivity contribution in [2.45, 2.75) is 46.2 Å². The van der Waals surface area contributed by atoms with Crippen molar-refractivity contribution in [1.29, 1.82) is 0 Å². The third kappa shape index (κ3) is 3.35. The molecule has 0 heterocycles. The smallest absolute Gasteiger partial charge is 0.234 e. The van der Waals surface area contributed by atoms with Gasteiger partial charge in [0, 0.05) is 12.1 Å². The standard InChI is InChI=1S/C10H20N2O/c1-7(2)12-9(13)6-11-8-5-10(8,3)4/h7-8,11H,5-6H2,1-4H3,(H,12,13). The molecule has 0 radical (unpaired) electrons. The maximum absolute atomic E-state index is 11.2. The highest BCUT2D eigenvalue weighted by Gasteiger charge is 2.45. The molecule has 3 nitrogen and oxygen atoms in total. The van der Waals surface area contributed by atoms with Crippen LogP contribution in [0.5, 0.6) is 0 Å². The van der Waals surface area contributed by atoms with Gasteiger partial charge in [0.2, 0.25) is 5.91 Å². The quantitative estimate of drug-likeness (QED) is 0.681. The number of rotatable bonds is 4. The van der Waals surface area contributed by atoms with Gasteiger partial charge in [0.15, 0.2) is 0 Å². The van der Waals surface area contributed by atoms with Crippen molar-refractivity contribution in [2.75, 3.05) is 6.54 Å². The summed E-state index contributed by atoms with van der Waals surface area (Å²) < 4.78 is 0. The van der Waals surface area contributed by atoms with Crippen LogP contribution in [-0.2, 0) is 4.79 Å². The van der Waals surface area contributed by atoms with Crippen LogP contribution in [0.15, 0.2) is 0 Å². The van der Waals surface area contributed by atoms with E-state index in [1.54, 1.807) is 0 Å². The fraction of sp³-hybridized carbons (Fsp3) is 0.900. The predicted octanol–water partition coefficient (Wildman–Crippen LogP) is 0.899. The first kappa shape index (κ1) is 10.5. The minimum absolute atomic E-state index is 0.0951. The Labute approximate surface area is 80.3 Å². The van der Waals surface area contributed by atoms with E-state index in [2.05, 4.69) is 24.5 Å². The van der Waals surface area contributed by atoms with Crippen LogP contribution in [0.1, 0.15) is 34.1 Å². The van der Waals surface area contributed by atoms with Crippen LogP contribution in [0.3, 0.4) is 0 Å². The number of carbonyl (C=O) groups excluding carboxylic acids is 1. The maximum atomic E-state index is 11.2. The largest absolute Gasteiger partial charge is 0.353 e. The van der Waals surface area contributed by atoms with Crippen molar-refractivity contribution in [2.24, 2.45) is 5.41 Å². The van der Waals surface area contributed by atoms with Crippen molar-refractivity contribution in [3.63, 3.8) is 0 Å². The monoisotopic (exact) mass is 184 g/mol. The molecule has 3 heteroatoms. The van der Waals surface area contributed by atoms with Crippen LogP contribution in [0.2, 0.25) is 0 Å². The lowest BCUT2D eigenvalue weighted by atomic mass is 10.2. The van der Waals surface area contributed by atoms with Gasteiger partial charge in [-0.05, 0) is 25.7 Å². The molecule has 0 aromatic carbocycles. The zero-order valence-electron chi connectivity index (χ0n) is 8.98. The first-order valence-corrected chi connectivity index (χ1v) is 4.94. The molecule has 0 aromatic rings. The summed E-state index contributed by atoms with van der Waals surface area (Å²) >= 11 is 0. The van der Waals surface area contributed by atoms with Crippen molar-refractivity contribution in [3.8, 4) is 0 Å². The molecule has 1 aliphatic carbocycles. The zero-order valence-corrected chi connectivity index (χ0v) is 8.98. The highest BCUT2D eigenvalue weighted by molar-refractivity contribution is 5.78. The van der Waals surface area contributed by atoms with Crippen LogP contribution < -0.4 is 10.6 Å². The summed E-state index contributed by atoms with van der Waals surface area (Å²) in [4.78, 5) is 11.2. The summed E-state index contributed by atoms with van der Waals surface area (Å²) in [6, 6.07) is 0.770. The van der Waals surface area contributed by atoms with Gasteiger partial charge in [-0.3, -0.25) is 4.79 Å². The second-order valence-electron chi connectivity index (χ2n) is 4.85. The predicted molar refractivity (Wildman–Crippen MR) is 53.5 cm³/mol. The molecule has 13 heavy (non-hydrogen) atoms. The van der Waals surface area contributed by atoms with Crippen molar-refractivity contribution >= 4 is 5.91 Å². The average molecular weight is 184 g/mol. The van der Waals surface area contributed by atoms with Gasteiger partial charge in [-0.1, -0.05) is 13.8 Å². The van der Waals surface area contributed by atoms with Crippen LogP contribution in [-0.4, -0.2) is 24.5 Å². The molecule has 1 amide bonds. The molecule has 1 rings (SSSR count). The zero-order chi connectivity index (χ0) is 10.1. The van der Waals surface area contributed by atoms with E-state index in [1.807, 2.05) is 13.8 Å². The lowest BCUT2D eigenvalue weighted by Crippen LogP contribution is -2.39. The summed E-state index contributed by atoms with van der Waals surface area (Å²) in [5.74, 6) is 0.0951. The Bertz CT molecular complexity index is 199. The molecule has 0 saturated heterocycles. The minimum Gasteiger partial charge on any atom is -0.353 e. The summed E-state index contributed by atoms with van der Waals surface area (Å²) in [5, 5.41) is 6.09. The van der Waals surface area contributed by atoms with Crippen LogP contribution in [0.4, 0.5) is 0 Å². The molecule has 2 N–H and O–H groups in total. The van der Waals surface area contributed by atoms with E-state index < -0.39 is 0 Å². The fourth-order valence-corrected chi connectivity index (χ4v) is 1.40. The number of nitrogens with one attached hydrogen (secondary N) is 2. The molecule has 1 saturated carbocycles. The highest BCUT2D eigenvalue weighted by atomic mass is 16.1. The van der Waals surface area contributed by atoms with Gasteiger partial charge in [0.1, 0.15) is 0 Å². The lowest BCUT2D eigenvalue weighted by molar-refractivity contribution is -0.120. The van der Waals surface area contributed by atoms with E-state index in [9.17, 15) is 4.79 Å². The Morgan fingerprint density at radius 3 is 2.46 bits per heavy atom. The Hall–Kier alpha value is -0.570. The molecule has 1 atom stereocenters. The topological polar surface area (TPSA) is 41.1 Å². The number of hydrogen-bond acceptors (Lipinski definition) is 2. The number of hydrogen-bond donors (Lipinski definition) is 2. The molecule has 0 aromatic heterocycles. The van der Waals surface area contributed by atoms with Crippen molar-refractivity contribution < 1.29 is 4.79 Å². The lowest BCUT2D eigenvalue weighted by Gasteiger charge is -2.09. The molecule has 1 unspecified atom stereocenters. The second-order valence-corrected chi connectivity index (χ2v) is 4.85. The summed E-state index contributed by atoms with van der Waals surface area (Å²) in [6.45, 7) is 8.82. The Kier molecular flexibility index (Phi) is 2.96. The summed E-state index contributed by atoms with van der Waals surface area (Å²) in [5.41, 5.74) is 0.401. The van der Waals surface area contributed by atoms with Crippen LogP contribution >= 0.6 is 0 Å². The normalized spacial score (nSPS) is 24.5. The number of amides is 1. The second kappa shape index (κ2) is 3.66. The van der Waals surface area contributed by atoms with Crippen LogP contribution in [0.25, 0.3) is 0 Å². The molecule has 1 aliphatic rings. The van der Waals surface area contributed by atoms with Crippen molar-refractivity contribution in [3.05, 3.63) is 0 Å². The van der Waals surface area contributed by atoms with E-state index in [4.69, 9.17) is 0 Å². The molecule has 0 aliphatic heterocycles. The highest BCUT2D eigenvalue weighted by Crippen LogP contribution is 2.44. The maximum Gasteiger partial charge on any atom is 0.234 e.